The van der Waals surface area contributed by atoms with Crippen molar-refractivity contribution in [1.29, 1.82) is 0 Å². The van der Waals surface area contributed by atoms with E-state index in [2.05, 4.69) is 58.6 Å². The van der Waals surface area contributed by atoms with E-state index < -0.39 is 0 Å². The number of hydrogen-bond donors (Lipinski definition) is 1. The van der Waals surface area contributed by atoms with Crippen molar-refractivity contribution in [2.24, 2.45) is 0 Å². The van der Waals surface area contributed by atoms with E-state index in [0.717, 1.165) is 18.8 Å². The first kappa shape index (κ1) is 13.0. The van der Waals surface area contributed by atoms with Gasteiger partial charge in [-0.15, -0.1) is 0 Å². The molecule has 1 atom stereocenters. The minimum atomic E-state index is 0.664. The van der Waals surface area contributed by atoms with E-state index >= 15 is 0 Å². The predicted octanol–water partition coefficient (Wildman–Crippen LogP) is 2.40. The van der Waals surface area contributed by atoms with E-state index in [1.54, 1.807) is 0 Å². The van der Waals surface area contributed by atoms with Gasteiger partial charge < -0.3 is 15.5 Å². The molecule has 0 amide bonds. The lowest BCUT2D eigenvalue weighted by molar-refractivity contribution is 0.258. The van der Waals surface area contributed by atoms with E-state index in [1.807, 2.05) is 6.07 Å². The maximum Gasteiger partial charge on any atom is 0.0503 e. The third kappa shape index (κ3) is 3.04. The van der Waals surface area contributed by atoms with Crippen LogP contribution in [0.15, 0.2) is 18.2 Å². The largest absolute Gasteiger partial charge is 0.399 e. The zero-order chi connectivity index (χ0) is 12.4. The predicted molar refractivity (Wildman–Crippen MR) is 82.5 cm³/mol. The number of anilines is 2. The van der Waals surface area contributed by atoms with Crippen molar-refractivity contribution >= 4 is 34.0 Å². The van der Waals surface area contributed by atoms with Crippen molar-refractivity contribution < 1.29 is 0 Å². The highest BCUT2D eigenvalue weighted by molar-refractivity contribution is 14.1. The highest BCUT2D eigenvalue weighted by Gasteiger charge is 2.22. The molecule has 0 aromatic heterocycles. The number of halogens is 1. The summed E-state index contributed by atoms with van der Waals surface area (Å²) in [5.74, 6) is 0. The van der Waals surface area contributed by atoms with Gasteiger partial charge in [0.1, 0.15) is 0 Å². The highest BCUT2D eigenvalue weighted by Crippen LogP contribution is 2.28. The van der Waals surface area contributed by atoms with Crippen LogP contribution in [-0.4, -0.2) is 38.1 Å². The van der Waals surface area contributed by atoms with Crippen LogP contribution in [0.2, 0.25) is 0 Å². The zero-order valence-corrected chi connectivity index (χ0v) is 12.6. The Balaban J connectivity index is 2.16. The molecule has 1 saturated heterocycles. The molecule has 0 saturated carbocycles. The van der Waals surface area contributed by atoms with Gasteiger partial charge in [-0.25, -0.2) is 0 Å². The van der Waals surface area contributed by atoms with Crippen LogP contribution in [0.1, 0.15) is 12.8 Å². The molecule has 1 fully saturated rings. The third-order valence-electron chi connectivity index (χ3n) is 3.44. The second kappa shape index (κ2) is 5.44. The summed E-state index contributed by atoms with van der Waals surface area (Å²) in [5.41, 5.74) is 7.97. The van der Waals surface area contributed by atoms with E-state index in [4.69, 9.17) is 5.73 Å². The van der Waals surface area contributed by atoms with Gasteiger partial charge in [0.05, 0.1) is 5.69 Å². The molecule has 1 heterocycles. The van der Waals surface area contributed by atoms with E-state index in [-0.39, 0.29) is 0 Å². The van der Waals surface area contributed by atoms with Crippen molar-refractivity contribution in [1.82, 2.24) is 4.90 Å². The van der Waals surface area contributed by atoms with Crippen LogP contribution in [0, 0.1) is 3.57 Å². The average molecular weight is 345 g/mol. The molecule has 3 nitrogen and oxygen atoms in total. The summed E-state index contributed by atoms with van der Waals surface area (Å²) in [6, 6.07) is 6.86. The molecule has 0 radical (unpaired) electrons. The average Bonchev–Trinajstić information content (AvgIpc) is 2.29. The van der Waals surface area contributed by atoms with E-state index in [1.165, 1.54) is 22.1 Å². The molecule has 17 heavy (non-hydrogen) atoms. The number of piperidine rings is 1. The number of nitrogen functional groups attached to an aromatic ring is 1. The summed E-state index contributed by atoms with van der Waals surface area (Å²) in [7, 11) is 4.34. The fourth-order valence-corrected chi connectivity index (χ4v) is 3.26. The Hall–Kier alpha value is -0.490. The molecule has 2 rings (SSSR count). The van der Waals surface area contributed by atoms with Crippen LogP contribution in [0.3, 0.4) is 0 Å². The minimum absolute atomic E-state index is 0.664. The zero-order valence-electron chi connectivity index (χ0n) is 10.5. The van der Waals surface area contributed by atoms with Gasteiger partial charge in [-0.2, -0.15) is 0 Å². The molecule has 0 spiro atoms. The second-order valence-corrected chi connectivity index (χ2v) is 6.08. The summed E-state index contributed by atoms with van der Waals surface area (Å²) in [5, 5.41) is 0. The summed E-state index contributed by atoms with van der Waals surface area (Å²) in [6.45, 7) is 2.27. The summed E-state index contributed by atoms with van der Waals surface area (Å²) in [4.78, 5) is 4.81. The molecular weight excluding hydrogens is 325 g/mol. The van der Waals surface area contributed by atoms with Crippen molar-refractivity contribution in [3.63, 3.8) is 0 Å². The van der Waals surface area contributed by atoms with E-state index in [0.29, 0.717) is 6.04 Å². The second-order valence-electron chi connectivity index (χ2n) is 4.92. The fraction of sp³-hybridized carbons (Fsp3) is 0.538. The summed E-state index contributed by atoms with van der Waals surface area (Å²) >= 11 is 2.38. The van der Waals surface area contributed by atoms with Gasteiger partial charge in [-0.1, -0.05) is 0 Å². The first-order chi connectivity index (χ1) is 8.08. The molecule has 4 heteroatoms. The van der Waals surface area contributed by atoms with Crippen LogP contribution < -0.4 is 10.6 Å². The molecule has 1 aliphatic heterocycles. The monoisotopic (exact) mass is 345 g/mol. The molecule has 1 unspecified atom stereocenters. The first-order valence-electron chi connectivity index (χ1n) is 6.04. The number of likely N-dealkylation sites (N-methyl/N-ethyl adjacent to an activating group) is 1. The molecule has 2 N–H and O–H groups in total. The molecule has 0 bridgehead atoms. The van der Waals surface area contributed by atoms with Crippen LogP contribution in [0.4, 0.5) is 11.4 Å². The molecule has 1 aromatic carbocycles. The van der Waals surface area contributed by atoms with Gasteiger partial charge in [0.2, 0.25) is 0 Å². The fourth-order valence-electron chi connectivity index (χ4n) is 2.37. The third-order valence-corrected chi connectivity index (χ3v) is 4.30. The maximum atomic E-state index is 5.80. The van der Waals surface area contributed by atoms with Crippen molar-refractivity contribution in [3.05, 3.63) is 21.8 Å². The van der Waals surface area contributed by atoms with Crippen LogP contribution in [0.25, 0.3) is 0 Å². The summed E-state index contributed by atoms with van der Waals surface area (Å²) in [6.07, 6.45) is 2.57. The Labute approximate surface area is 117 Å². The van der Waals surface area contributed by atoms with Gasteiger partial charge in [-0.05, 0) is 67.7 Å². The van der Waals surface area contributed by atoms with Crippen molar-refractivity contribution in [2.45, 2.75) is 18.9 Å². The smallest absolute Gasteiger partial charge is 0.0503 e. The molecule has 1 aliphatic rings. The quantitative estimate of drug-likeness (QED) is 0.660. The molecule has 0 aliphatic carbocycles. The normalized spacial score (nSPS) is 20.9. The lowest BCUT2D eigenvalue weighted by atomic mass is 10.0. The Morgan fingerprint density at radius 3 is 2.82 bits per heavy atom. The highest BCUT2D eigenvalue weighted by atomic mass is 127. The minimum Gasteiger partial charge on any atom is -0.399 e. The Bertz CT molecular complexity index is 392. The van der Waals surface area contributed by atoms with Gasteiger partial charge >= 0.3 is 0 Å². The number of nitrogens with two attached hydrogens (primary N) is 1. The standard InChI is InChI=1S/C13H20IN3/c1-16(2)11-4-3-7-17(9-11)13-6-5-10(15)8-12(13)14/h5-6,8,11H,3-4,7,9,15H2,1-2H3. The Kier molecular flexibility index (Phi) is 4.14. The van der Waals surface area contributed by atoms with Crippen LogP contribution >= 0.6 is 22.6 Å². The molecular formula is C13H20IN3. The van der Waals surface area contributed by atoms with Crippen molar-refractivity contribution in [2.75, 3.05) is 37.8 Å². The number of rotatable bonds is 2. The number of benzene rings is 1. The molecule has 1 aromatic rings. The topological polar surface area (TPSA) is 32.5 Å². The van der Waals surface area contributed by atoms with E-state index in [9.17, 15) is 0 Å². The molecule has 94 valence electrons. The lowest BCUT2D eigenvalue weighted by Crippen LogP contribution is -2.45. The van der Waals surface area contributed by atoms with Gasteiger partial charge in [0, 0.05) is 28.4 Å². The Morgan fingerprint density at radius 1 is 1.41 bits per heavy atom. The lowest BCUT2D eigenvalue weighted by Gasteiger charge is -2.38. The first-order valence-corrected chi connectivity index (χ1v) is 7.12. The van der Waals surface area contributed by atoms with Gasteiger partial charge in [0.25, 0.3) is 0 Å². The SMILES string of the molecule is CN(C)C1CCCN(c2ccc(N)cc2I)C1. The number of nitrogens with zero attached hydrogens (tertiary/aromatic N) is 2. The van der Waals surface area contributed by atoms with Crippen LogP contribution in [-0.2, 0) is 0 Å². The number of hydrogen-bond acceptors (Lipinski definition) is 3. The summed E-state index contributed by atoms with van der Waals surface area (Å²) < 4.78 is 1.25. The van der Waals surface area contributed by atoms with Gasteiger partial charge in [-0.3, -0.25) is 0 Å². The van der Waals surface area contributed by atoms with Crippen molar-refractivity contribution in [3.8, 4) is 0 Å². The van der Waals surface area contributed by atoms with Crippen LogP contribution in [0.5, 0.6) is 0 Å². The Morgan fingerprint density at radius 2 is 2.18 bits per heavy atom. The maximum absolute atomic E-state index is 5.80. The van der Waals surface area contributed by atoms with Gasteiger partial charge in [0.15, 0.2) is 0 Å².